The van der Waals surface area contributed by atoms with Gasteiger partial charge < -0.3 is 15.0 Å². The zero-order chi connectivity index (χ0) is 20.3. The summed E-state index contributed by atoms with van der Waals surface area (Å²) in [6.45, 7) is 0.568. The highest BCUT2D eigenvalue weighted by molar-refractivity contribution is 6.04. The van der Waals surface area contributed by atoms with E-state index in [4.69, 9.17) is 4.74 Å². The Labute approximate surface area is 160 Å². The predicted octanol–water partition coefficient (Wildman–Crippen LogP) is 3.88. The first-order valence-electron chi connectivity index (χ1n) is 8.70. The van der Waals surface area contributed by atoms with Gasteiger partial charge in [-0.3, -0.25) is 9.59 Å². The first kappa shape index (κ1) is 19.9. The molecule has 1 heterocycles. The molecule has 3 rings (SSSR count). The van der Waals surface area contributed by atoms with E-state index in [0.717, 1.165) is 36.2 Å². The summed E-state index contributed by atoms with van der Waals surface area (Å²) in [4.78, 5) is 26.2. The molecular weight excluding hydrogens is 373 g/mol. The monoisotopic (exact) mass is 392 g/mol. The normalized spacial score (nSPS) is 13.8. The number of halogens is 3. The molecule has 2 aromatic rings. The number of anilines is 2. The Hall–Kier alpha value is -2.87. The number of carbonyl (C=O) groups excluding carboxylic acids is 2. The number of amides is 2. The molecule has 0 unspecified atom stereocenters. The number of fused-ring (bicyclic) bond motifs is 1. The topological polar surface area (TPSA) is 58.6 Å². The summed E-state index contributed by atoms with van der Waals surface area (Å²) in [5.74, 6) is -0.779. The van der Waals surface area contributed by atoms with Crippen LogP contribution in [0.1, 0.15) is 27.9 Å². The molecule has 28 heavy (non-hydrogen) atoms. The number of alkyl halides is 3. The average molecular weight is 392 g/mol. The van der Waals surface area contributed by atoms with Crippen LogP contribution in [-0.4, -0.2) is 32.1 Å². The molecule has 5 nitrogen and oxygen atoms in total. The molecule has 0 fully saturated rings. The standard InChI is InChI=1S/C20H19F3N2O3/c1-28-12-18(26)25-9-3-5-13-11-16(7-8-17(13)25)24-19(27)14-4-2-6-15(10-14)20(21,22)23/h2,4,6-8,10-11H,3,5,9,12H2,1H3,(H,24,27). The fourth-order valence-corrected chi connectivity index (χ4v) is 3.18. The van der Waals surface area contributed by atoms with E-state index in [1.165, 1.54) is 19.2 Å². The maximum Gasteiger partial charge on any atom is 0.416 e. The molecule has 0 atom stereocenters. The summed E-state index contributed by atoms with van der Waals surface area (Å²) in [5.41, 5.74) is 1.15. The van der Waals surface area contributed by atoms with Crippen molar-refractivity contribution in [2.45, 2.75) is 19.0 Å². The minimum atomic E-state index is -4.51. The van der Waals surface area contributed by atoms with Crippen LogP contribution in [0.25, 0.3) is 0 Å². The SMILES string of the molecule is COCC(=O)N1CCCc2cc(NC(=O)c3cccc(C(F)(F)F)c3)ccc21. The van der Waals surface area contributed by atoms with Crippen LogP contribution in [-0.2, 0) is 22.1 Å². The van der Waals surface area contributed by atoms with Gasteiger partial charge in [0.25, 0.3) is 11.8 Å². The molecule has 1 aliphatic heterocycles. The molecular formula is C20H19F3N2O3. The van der Waals surface area contributed by atoms with Crippen molar-refractivity contribution < 1.29 is 27.5 Å². The molecule has 148 valence electrons. The predicted molar refractivity (Wildman–Crippen MR) is 98.4 cm³/mol. The number of benzene rings is 2. The number of rotatable bonds is 4. The lowest BCUT2D eigenvalue weighted by molar-refractivity contribution is -0.137. The molecule has 0 bridgehead atoms. The Morgan fingerprint density at radius 1 is 1.18 bits per heavy atom. The number of aryl methyl sites for hydroxylation is 1. The minimum absolute atomic E-state index is 0.0204. The Morgan fingerprint density at radius 3 is 2.68 bits per heavy atom. The third kappa shape index (κ3) is 4.33. The van der Waals surface area contributed by atoms with Crippen molar-refractivity contribution in [1.82, 2.24) is 0 Å². The number of hydrogen-bond acceptors (Lipinski definition) is 3. The summed E-state index contributed by atoms with van der Waals surface area (Å²) in [7, 11) is 1.45. The molecule has 0 aromatic heterocycles. The van der Waals surface area contributed by atoms with Crippen LogP contribution in [0, 0.1) is 0 Å². The third-order valence-electron chi connectivity index (χ3n) is 4.48. The van der Waals surface area contributed by atoms with E-state index in [2.05, 4.69) is 5.32 Å². The van der Waals surface area contributed by atoms with Gasteiger partial charge in [0.15, 0.2) is 0 Å². The van der Waals surface area contributed by atoms with Gasteiger partial charge in [0.2, 0.25) is 0 Å². The Bertz CT molecular complexity index is 897. The number of ether oxygens (including phenoxy) is 1. The van der Waals surface area contributed by atoms with E-state index in [9.17, 15) is 22.8 Å². The van der Waals surface area contributed by atoms with Crippen molar-refractivity contribution >= 4 is 23.2 Å². The van der Waals surface area contributed by atoms with Crippen LogP contribution >= 0.6 is 0 Å². The van der Waals surface area contributed by atoms with E-state index in [-0.39, 0.29) is 18.1 Å². The summed E-state index contributed by atoms with van der Waals surface area (Å²) >= 11 is 0. The van der Waals surface area contributed by atoms with Crippen LogP contribution < -0.4 is 10.2 Å². The van der Waals surface area contributed by atoms with Crippen LogP contribution in [0.2, 0.25) is 0 Å². The van der Waals surface area contributed by atoms with Crippen LogP contribution in [0.5, 0.6) is 0 Å². The second-order valence-corrected chi connectivity index (χ2v) is 6.46. The number of nitrogens with zero attached hydrogens (tertiary/aromatic N) is 1. The highest BCUT2D eigenvalue weighted by Crippen LogP contribution is 2.31. The van der Waals surface area contributed by atoms with Gasteiger partial charge in [0, 0.05) is 30.6 Å². The number of nitrogens with one attached hydrogen (secondary N) is 1. The highest BCUT2D eigenvalue weighted by Gasteiger charge is 2.31. The van der Waals surface area contributed by atoms with Crippen molar-refractivity contribution in [2.24, 2.45) is 0 Å². The van der Waals surface area contributed by atoms with Crippen molar-refractivity contribution in [2.75, 3.05) is 30.5 Å². The molecule has 0 aliphatic carbocycles. The molecule has 1 N–H and O–H groups in total. The van der Waals surface area contributed by atoms with Crippen molar-refractivity contribution in [3.05, 3.63) is 59.2 Å². The Morgan fingerprint density at radius 2 is 1.96 bits per heavy atom. The molecule has 1 aliphatic rings. The van der Waals surface area contributed by atoms with Crippen molar-refractivity contribution in [3.8, 4) is 0 Å². The summed E-state index contributed by atoms with van der Waals surface area (Å²) in [6.07, 6.45) is -3.01. The number of methoxy groups -OCH3 is 1. The van der Waals surface area contributed by atoms with Gasteiger partial charge in [0.1, 0.15) is 6.61 Å². The molecule has 0 saturated heterocycles. The summed E-state index contributed by atoms with van der Waals surface area (Å²) in [5, 5.41) is 2.62. The molecule has 0 radical (unpaired) electrons. The Kier molecular flexibility index (Phi) is 5.69. The van der Waals surface area contributed by atoms with Crippen molar-refractivity contribution in [1.29, 1.82) is 0 Å². The van der Waals surface area contributed by atoms with Gasteiger partial charge in [-0.1, -0.05) is 6.07 Å². The van der Waals surface area contributed by atoms with E-state index in [0.29, 0.717) is 12.2 Å². The van der Waals surface area contributed by atoms with E-state index in [1.807, 2.05) is 0 Å². The van der Waals surface area contributed by atoms with Crippen LogP contribution in [0.4, 0.5) is 24.5 Å². The maximum atomic E-state index is 12.8. The second kappa shape index (κ2) is 8.02. The third-order valence-corrected chi connectivity index (χ3v) is 4.48. The lowest BCUT2D eigenvalue weighted by atomic mass is 10.0. The first-order valence-corrected chi connectivity index (χ1v) is 8.70. The zero-order valence-corrected chi connectivity index (χ0v) is 15.2. The van der Waals surface area contributed by atoms with Gasteiger partial charge in [-0.25, -0.2) is 0 Å². The minimum Gasteiger partial charge on any atom is -0.375 e. The van der Waals surface area contributed by atoms with Crippen molar-refractivity contribution in [3.63, 3.8) is 0 Å². The van der Waals surface area contributed by atoms with E-state index >= 15 is 0 Å². The van der Waals surface area contributed by atoms with Gasteiger partial charge in [-0.15, -0.1) is 0 Å². The second-order valence-electron chi connectivity index (χ2n) is 6.46. The maximum absolute atomic E-state index is 12.8. The lowest BCUT2D eigenvalue weighted by Crippen LogP contribution is -2.37. The smallest absolute Gasteiger partial charge is 0.375 e. The fourth-order valence-electron chi connectivity index (χ4n) is 3.18. The summed E-state index contributed by atoms with van der Waals surface area (Å²) < 4.78 is 43.4. The number of carbonyl (C=O) groups is 2. The molecule has 0 spiro atoms. The fraction of sp³-hybridized carbons (Fsp3) is 0.300. The molecule has 8 heteroatoms. The quantitative estimate of drug-likeness (QED) is 0.859. The molecule has 2 amide bonds. The first-order chi connectivity index (χ1) is 13.3. The Balaban J connectivity index is 1.79. The average Bonchev–Trinajstić information content (AvgIpc) is 2.67. The van der Waals surface area contributed by atoms with Gasteiger partial charge in [0.05, 0.1) is 5.56 Å². The largest absolute Gasteiger partial charge is 0.416 e. The van der Waals surface area contributed by atoms with Gasteiger partial charge in [-0.2, -0.15) is 13.2 Å². The molecule has 2 aromatic carbocycles. The lowest BCUT2D eigenvalue weighted by Gasteiger charge is -2.29. The zero-order valence-electron chi connectivity index (χ0n) is 15.2. The van der Waals surface area contributed by atoms with Crippen LogP contribution in [0.3, 0.4) is 0 Å². The van der Waals surface area contributed by atoms with Gasteiger partial charge >= 0.3 is 6.18 Å². The molecule has 0 saturated carbocycles. The van der Waals surface area contributed by atoms with E-state index in [1.54, 1.807) is 23.1 Å². The summed E-state index contributed by atoms with van der Waals surface area (Å²) in [6, 6.07) is 9.36. The number of hydrogen-bond donors (Lipinski definition) is 1. The van der Waals surface area contributed by atoms with E-state index < -0.39 is 17.6 Å². The van der Waals surface area contributed by atoms with Gasteiger partial charge in [-0.05, 0) is 54.8 Å². The highest BCUT2D eigenvalue weighted by atomic mass is 19.4. The van der Waals surface area contributed by atoms with Crippen LogP contribution in [0.15, 0.2) is 42.5 Å².